The van der Waals surface area contributed by atoms with Gasteiger partial charge in [0.2, 0.25) is 0 Å². The second kappa shape index (κ2) is 7.17. The highest BCUT2D eigenvalue weighted by atomic mass is 16.2. The number of carbonyl (C=O) groups is 1. The SMILES string of the molecule is CN(C)c1ccccc1CNC(=O)NC1CCCCC1. The summed E-state index contributed by atoms with van der Waals surface area (Å²) in [4.78, 5) is 14.0. The van der Waals surface area contributed by atoms with E-state index in [4.69, 9.17) is 0 Å². The standard InChI is InChI=1S/C16H25N3O/c1-19(2)15-11-7-6-8-13(15)12-17-16(20)18-14-9-4-3-5-10-14/h6-8,11,14H,3-5,9-10,12H2,1-2H3,(H2,17,18,20). The third kappa shape index (κ3) is 4.15. The summed E-state index contributed by atoms with van der Waals surface area (Å²) in [5, 5.41) is 6.04. The van der Waals surface area contributed by atoms with Gasteiger partial charge in [0.25, 0.3) is 0 Å². The normalized spacial score (nSPS) is 15.7. The number of hydrogen-bond donors (Lipinski definition) is 2. The van der Waals surface area contributed by atoms with E-state index in [0.717, 1.165) is 24.1 Å². The third-order valence-electron chi connectivity index (χ3n) is 3.85. The summed E-state index contributed by atoms with van der Waals surface area (Å²) in [6, 6.07) is 8.44. The maximum atomic E-state index is 11.9. The lowest BCUT2D eigenvalue weighted by Crippen LogP contribution is -2.42. The molecule has 2 amide bonds. The average Bonchev–Trinajstić information content (AvgIpc) is 2.46. The number of rotatable bonds is 4. The van der Waals surface area contributed by atoms with Gasteiger partial charge in [-0.2, -0.15) is 0 Å². The Morgan fingerprint density at radius 2 is 1.90 bits per heavy atom. The molecule has 0 bridgehead atoms. The molecule has 20 heavy (non-hydrogen) atoms. The summed E-state index contributed by atoms with van der Waals surface area (Å²) >= 11 is 0. The molecule has 1 fully saturated rings. The van der Waals surface area contributed by atoms with Gasteiger partial charge in [-0.25, -0.2) is 4.79 Å². The predicted octanol–water partition coefficient (Wildman–Crippen LogP) is 2.88. The maximum Gasteiger partial charge on any atom is 0.315 e. The average molecular weight is 275 g/mol. The van der Waals surface area contributed by atoms with Crippen molar-refractivity contribution < 1.29 is 4.79 Å². The summed E-state index contributed by atoms with van der Waals surface area (Å²) in [5.74, 6) is 0. The van der Waals surface area contributed by atoms with E-state index < -0.39 is 0 Å². The van der Waals surface area contributed by atoms with Crippen molar-refractivity contribution in [2.75, 3.05) is 19.0 Å². The number of nitrogens with one attached hydrogen (secondary N) is 2. The first kappa shape index (κ1) is 14.7. The van der Waals surface area contributed by atoms with Crippen molar-refractivity contribution in [3.8, 4) is 0 Å². The molecule has 1 aromatic rings. The second-order valence-corrected chi connectivity index (χ2v) is 5.69. The third-order valence-corrected chi connectivity index (χ3v) is 3.85. The highest BCUT2D eigenvalue weighted by Crippen LogP contribution is 2.18. The summed E-state index contributed by atoms with van der Waals surface area (Å²) in [5.41, 5.74) is 2.28. The number of carbonyl (C=O) groups excluding carboxylic acids is 1. The van der Waals surface area contributed by atoms with Crippen molar-refractivity contribution in [2.45, 2.75) is 44.7 Å². The molecular formula is C16H25N3O. The van der Waals surface area contributed by atoms with Crippen LogP contribution in [0.4, 0.5) is 10.5 Å². The monoisotopic (exact) mass is 275 g/mol. The molecule has 0 spiro atoms. The Morgan fingerprint density at radius 3 is 2.60 bits per heavy atom. The Kier molecular flexibility index (Phi) is 5.27. The fourth-order valence-electron chi connectivity index (χ4n) is 2.76. The van der Waals surface area contributed by atoms with Gasteiger partial charge in [0.1, 0.15) is 0 Å². The number of hydrogen-bond acceptors (Lipinski definition) is 2. The van der Waals surface area contributed by atoms with Crippen LogP contribution >= 0.6 is 0 Å². The van der Waals surface area contributed by atoms with Crippen LogP contribution in [0.3, 0.4) is 0 Å². The summed E-state index contributed by atoms with van der Waals surface area (Å²) in [6.07, 6.45) is 5.99. The van der Waals surface area contributed by atoms with Gasteiger partial charge in [0.15, 0.2) is 0 Å². The molecule has 1 aliphatic rings. The Hall–Kier alpha value is -1.71. The van der Waals surface area contributed by atoms with Crippen molar-refractivity contribution >= 4 is 11.7 Å². The van der Waals surface area contributed by atoms with E-state index >= 15 is 0 Å². The van der Waals surface area contributed by atoms with Crippen molar-refractivity contribution in [1.82, 2.24) is 10.6 Å². The molecule has 2 N–H and O–H groups in total. The predicted molar refractivity (Wildman–Crippen MR) is 83.0 cm³/mol. The van der Waals surface area contributed by atoms with Crippen LogP contribution in [0.15, 0.2) is 24.3 Å². The highest BCUT2D eigenvalue weighted by molar-refractivity contribution is 5.74. The molecule has 0 saturated heterocycles. The second-order valence-electron chi connectivity index (χ2n) is 5.69. The first-order chi connectivity index (χ1) is 9.66. The van der Waals surface area contributed by atoms with Gasteiger partial charge in [-0.3, -0.25) is 0 Å². The van der Waals surface area contributed by atoms with Crippen LogP contribution in [0, 0.1) is 0 Å². The highest BCUT2D eigenvalue weighted by Gasteiger charge is 2.15. The van der Waals surface area contributed by atoms with Crippen LogP contribution in [-0.2, 0) is 6.54 Å². The van der Waals surface area contributed by atoms with Crippen LogP contribution in [-0.4, -0.2) is 26.2 Å². The molecule has 0 aromatic heterocycles. The molecule has 1 aromatic carbocycles. The van der Waals surface area contributed by atoms with Gasteiger partial charge in [-0.1, -0.05) is 37.5 Å². The summed E-state index contributed by atoms with van der Waals surface area (Å²) in [7, 11) is 4.03. The van der Waals surface area contributed by atoms with Gasteiger partial charge in [-0.15, -0.1) is 0 Å². The van der Waals surface area contributed by atoms with Gasteiger partial charge in [-0.05, 0) is 24.5 Å². The van der Waals surface area contributed by atoms with E-state index in [1.165, 1.54) is 19.3 Å². The molecule has 0 aliphatic heterocycles. The van der Waals surface area contributed by atoms with E-state index in [9.17, 15) is 4.79 Å². The minimum atomic E-state index is -0.0505. The van der Waals surface area contributed by atoms with Gasteiger partial charge >= 0.3 is 6.03 Å². The molecule has 4 heteroatoms. The minimum Gasteiger partial charge on any atom is -0.377 e. The van der Waals surface area contributed by atoms with E-state index in [1.54, 1.807) is 0 Å². The fraction of sp³-hybridized carbons (Fsp3) is 0.562. The molecule has 4 nitrogen and oxygen atoms in total. The molecule has 0 unspecified atom stereocenters. The Balaban J connectivity index is 1.83. The van der Waals surface area contributed by atoms with Gasteiger partial charge in [0.05, 0.1) is 0 Å². The van der Waals surface area contributed by atoms with Crippen molar-refractivity contribution in [2.24, 2.45) is 0 Å². The maximum absolute atomic E-state index is 11.9. The minimum absolute atomic E-state index is 0.0505. The van der Waals surface area contributed by atoms with E-state index in [-0.39, 0.29) is 6.03 Å². The molecule has 2 rings (SSSR count). The number of benzene rings is 1. The zero-order valence-electron chi connectivity index (χ0n) is 12.5. The van der Waals surface area contributed by atoms with E-state index in [0.29, 0.717) is 12.6 Å². The van der Waals surface area contributed by atoms with Crippen molar-refractivity contribution in [3.05, 3.63) is 29.8 Å². The quantitative estimate of drug-likeness (QED) is 0.887. The largest absolute Gasteiger partial charge is 0.377 e. The lowest BCUT2D eigenvalue weighted by atomic mass is 9.96. The van der Waals surface area contributed by atoms with E-state index in [2.05, 4.69) is 27.7 Å². The topological polar surface area (TPSA) is 44.4 Å². The number of para-hydroxylation sites is 1. The van der Waals surface area contributed by atoms with Crippen molar-refractivity contribution in [3.63, 3.8) is 0 Å². The Bertz CT molecular complexity index is 439. The zero-order chi connectivity index (χ0) is 14.4. The van der Waals surface area contributed by atoms with Crippen molar-refractivity contribution in [1.29, 1.82) is 0 Å². The molecule has 0 radical (unpaired) electrons. The van der Waals surface area contributed by atoms with Crippen LogP contribution in [0.2, 0.25) is 0 Å². The summed E-state index contributed by atoms with van der Waals surface area (Å²) < 4.78 is 0. The lowest BCUT2D eigenvalue weighted by molar-refractivity contribution is 0.232. The summed E-state index contributed by atoms with van der Waals surface area (Å²) in [6.45, 7) is 0.562. The number of amides is 2. The smallest absolute Gasteiger partial charge is 0.315 e. The Morgan fingerprint density at radius 1 is 1.20 bits per heavy atom. The number of nitrogens with zero attached hydrogens (tertiary/aromatic N) is 1. The first-order valence-electron chi connectivity index (χ1n) is 7.46. The Labute approximate surface area is 121 Å². The lowest BCUT2D eigenvalue weighted by Gasteiger charge is -2.23. The van der Waals surface area contributed by atoms with E-state index in [1.807, 2.05) is 26.2 Å². The van der Waals surface area contributed by atoms with Gasteiger partial charge < -0.3 is 15.5 Å². The van der Waals surface area contributed by atoms with Crippen LogP contribution in [0.5, 0.6) is 0 Å². The van der Waals surface area contributed by atoms with Crippen LogP contribution < -0.4 is 15.5 Å². The molecular weight excluding hydrogens is 250 g/mol. The molecule has 1 aliphatic carbocycles. The molecule has 0 atom stereocenters. The fourth-order valence-corrected chi connectivity index (χ4v) is 2.76. The number of urea groups is 1. The number of anilines is 1. The first-order valence-corrected chi connectivity index (χ1v) is 7.46. The van der Waals surface area contributed by atoms with Crippen LogP contribution in [0.25, 0.3) is 0 Å². The molecule has 1 saturated carbocycles. The van der Waals surface area contributed by atoms with Gasteiger partial charge in [0, 0.05) is 32.4 Å². The zero-order valence-corrected chi connectivity index (χ0v) is 12.5. The molecule has 0 heterocycles. The van der Waals surface area contributed by atoms with Crippen LogP contribution in [0.1, 0.15) is 37.7 Å². The molecule has 110 valence electrons.